The fourth-order valence-corrected chi connectivity index (χ4v) is 4.55. The summed E-state index contributed by atoms with van der Waals surface area (Å²) < 4.78 is 0. The first kappa shape index (κ1) is 23.4. The van der Waals surface area contributed by atoms with E-state index in [1.807, 2.05) is 62.5 Å². The van der Waals surface area contributed by atoms with Crippen molar-refractivity contribution in [1.82, 2.24) is 19.9 Å². The van der Waals surface area contributed by atoms with Crippen molar-refractivity contribution in [3.8, 4) is 0 Å². The molecule has 0 aliphatic heterocycles. The molecule has 0 unspecified atom stereocenters. The first-order valence-corrected chi connectivity index (χ1v) is 11.8. The van der Waals surface area contributed by atoms with E-state index in [1.54, 1.807) is 0 Å². The molecule has 184 valence electrons. The van der Waals surface area contributed by atoms with E-state index in [0.717, 1.165) is 67.6 Å². The Morgan fingerprint density at radius 3 is 1.56 bits per heavy atom. The second-order valence-corrected chi connectivity index (χ2v) is 9.83. The van der Waals surface area contributed by atoms with Gasteiger partial charge in [-0.2, -0.15) is 0 Å². The van der Waals surface area contributed by atoms with Gasteiger partial charge in [0.05, 0.1) is 39.4 Å². The lowest BCUT2D eigenvalue weighted by Crippen LogP contribution is -2.12. The van der Waals surface area contributed by atoms with Gasteiger partial charge in [-0.15, -0.1) is 0 Å². The Bertz CT molecular complexity index is 1520. The SMILES string of the molecule is CN(C)c1ccc(N(C)C)c2[nH]c(C3=C=C=CC(c4nc5c(N(C)C)ccc(N(C)C)c5[nH]4)=C3)nc12. The van der Waals surface area contributed by atoms with Crippen molar-refractivity contribution < 1.29 is 0 Å². The van der Waals surface area contributed by atoms with Crippen LogP contribution in [0.3, 0.4) is 0 Å². The van der Waals surface area contributed by atoms with Crippen LogP contribution < -0.4 is 19.6 Å². The van der Waals surface area contributed by atoms with Crippen molar-refractivity contribution in [2.45, 2.75) is 0 Å². The summed E-state index contributed by atoms with van der Waals surface area (Å²) in [7, 11) is 16.3. The van der Waals surface area contributed by atoms with Crippen LogP contribution in [0.2, 0.25) is 0 Å². The average Bonchev–Trinajstić information content (AvgIpc) is 3.47. The number of nitrogens with one attached hydrogen (secondary N) is 2. The molecule has 2 aromatic carbocycles. The van der Waals surface area contributed by atoms with E-state index in [1.165, 1.54) is 0 Å². The van der Waals surface area contributed by atoms with E-state index in [0.29, 0.717) is 0 Å². The van der Waals surface area contributed by atoms with Crippen LogP contribution in [-0.4, -0.2) is 76.3 Å². The second-order valence-electron chi connectivity index (χ2n) is 9.83. The van der Waals surface area contributed by atoms with Crippen LogP contribution >= 0.6 is 0 Å². The van der Waals surface area contributed by atoms with Crippen LogP contribution in [0.5, 0.6) is 0 Å². The van der Waals surface area contributed by atoms with Crippen molar-refractivity contribution in [2.24, 2.45) is 0 Å². The quantitative estimate of drug-likeness (QED) is 0.396. The fraction of sp³-hybridized carbons (Fsp3) is 0.286. The number of allylic oxidation sites excluding steroid dienone is 4. The molecule has 0 fully saturated rings. The largest absolute Gasteiger partial charge is 0.376 e. The Morgan fingerprint density at radius 2 is 1.06 bits per heavy atom. The van der Waals surface area contributed by atoms with Crippen LogP contribution in [0.4, 0.5) is 22.7 Å². The highest BCUT2D eigenvalue weighted by Crippen LogP contribution is 2.35. The van der Waals surface area contributed by atoms with Crippen LogP contribution in [0, 0.1) is 0 Å². The molecule has 0 radical (unpaired) electrons. The maximum Gasteiger partial charge on any atom is 0.147 e. The lowest BCUT2D eigenvalue weighted by Gasteiger charge is -2.17. The average molecular weight is 481 g/mol. The molecule has 0 bridgehead atoms. The van der Waals surface area contributed by atoms with E-state index >= 15 is 0 Å². The Kier molecular flexibility index (Phi) is 5.64. The van der Waals surface area contributed by atoms with Gasteiger partial charge in [0.15, 0.2) is 0 Å². The molecule has 5 rings (SSSR count). The molecule has 0 atom stereocenters. The van der Waals surface area contributed by atoms with Gasteiger partial charge in [-0.05, 0) is 36.4 Å². The molecule has 8 heteroatoms. The number of fused-ring (bicyclic) bond motifs is 2. The fourth-order valence-electron chi connectivity index (χ4n) is 4.55. The summed E-state index contributed by atoms with van der Waals surface area (Å²) in [6.07, 6.45) is 3.96. The van der Waals surface area contributed by atoms with Crippen LogP contribution in [0.15, 0.2) is 47.9 Å². The molecule has 4 aromatic rings. The molecular weight excluding hydrogens is 448 g/mol. The number of H-pyrrole nitrogens is 2. The van der Waals surface area contributed by atoms with Gasteiger partial charge in [0.1, 0.15) is 22.7 Å². The summed E-state index contributed by atoms with van der Waals surface area (Å²) in [6.45, 7) is 0. The molecule has 36 heavy (non-hydrogen) atoms. The molecule has 0 spiro atoms. The molecule has 0 saturated heterocycles. The highest BCUT2D eigenvalue weighted by molar-refractivity contribution is 6.01. The third kappa shape index (κ3) is 3.83. The monoisotopic (exact) mass is 480 g/mol. The highest BCUT2D eigenvalue weighted by atomic mass is 15.1. The van der Waals surface area contributed by atoms with E-state index in [4.69, 9.17) is 9.97 Å². The summed E-state index contributed by atoms with van der Waals surface area (Å²) in [5.41, 5.74) is 16.3. The molecular formula is C28H32N8. The van der Waals surface area contributed by atoms with Crippen molar-refractivity contribution in [2.75, 3.05) is 76.0 Å². The molecule has 1 aliphatic rings. The second kappa shape index (κ2) is 8.68. The maximum absolute atomic E-state index is 5.00. The van der Waals surface area contributed by atoms with Gasteiger partial charge in [-0.1, -0.05) is 11.5 Å². The van der Waals surface area contributed by atoms with Crippen LogP contribution in [0.1, 0.15) is 11.6 Å². The lowest BCUT2D eigenvalue weighted by molar-refractivity contribution is 1.12. The topological polar surface area (TPSA) is 70.3 Å². The summed E-state index contributed by atoms with van der Waals surface area (Å²) in [5.74, 6) is 1.53. The zero-order valence-corrected chi connectivity index (χ0v) is 22.1. The third-order valence-electron chi connectivity index (χ3n) is 6.39. The summed E-state index contributed by atoms with van der Waals surface area (Å²) in [5, 5.41) is 0. The zero-order valence-electron chi connectivity index (χ0n) is 22.1. The number of benzene rings is 2. The van der Waals surface area contributed by atoms with E-state index in [9.17, 15) is 0 Å². The molecule has 8 nitrogen and oxygen atoms in total. The van der Waals surface area contributed by atoms with Gasteiger partial charge in [0, 0.05) is 62.0 Å². The van der Waals surface area contributed by atoms with E-state index < -0.39 is 0 Å². The Morgan fingerprint density at radius 1 is 0.611 bits per heavy atom. The molecule has 2 aromatic heterocycles. The predicted octanol–water partition coefficient (Wildman–Crippen LogP) is 4.49. The summed E-state index contributed by atoms with van der Waals surface area (Å²) in [6, 6.07) is 8.45. The van der Waals surface area contributed by atoms with Gasteiger partial charge >= 0.3 is 0 Å². The lowest BCUT2D eigenvalue weighted by atomic mass is 10.1. The molecule has 0 saturated carbocycles. The van der Waals surface area contributed by atoms with Crippen molar-refractivity contribution in [3.63, 3.8) is 0 Å². The normalized spacial score (nSPS) is 12.8. The number of anilines is 4. The maximum atomic E-state index is 5.00. The van der Waals surface area contributed by atoms with Gasteiger partial charge in [-0.3, -0.25) is 0 Å². The number of imidazole rings is 2. The predicted molar refractivity (Wildman–Crippen MR) is 152 cm³/mol. The number of hydrogen-bond acceptors (Lipinski definition) is 6. The van der Waals surface area contributed by atoms with Crippen molar-refractivity contribution in [1.29, 1.82) is 0 Å². The number of rotatable bonds is 6. The van der Waals surface area contributed by atoms with Gasteiger partial charge < -0.3 is 29.6 Å². The summed E-state index contributed by atoms with van der Waals surface area (Å²) in [4.78, 5) is 25.4. The third-order valence-corrected chi connectivity index (χ3v) is 6.39. The summed E-state index contributed by atoms with van der Waals surface area (Å²) >= 11 is 0. The van der Waals surface area contributed by atoms with Crippen LogP contribution in [-0.2, 0) is 0 Å². The minimum Gasteiger partial charge on any atom is -0.376 e. The molecule has 1 aliphatic carbocycles. The van der Waals surface area contributed by atoms with Crippen molar-refractivity contribution >= 4 is 56.0 Å². The Hall–Kier alpha value is -4.38. The molecule has 2 N–H and O–H groups in total. The molecule has 2 heterocycles. The van der Waals surface area contributed by atoms with Gasteiger partial charge in [0.25, 0.3) is 0 Å². The van der Waals surface area contributed by atoms with Gasteiger partial charge in [-0.25, -0.2) is 9.97 Å². The van der Waals surface area contributed by atoms with Crippen LogP contribution in [0.25, 0.3) is 33.2 Å². The van der Waals surface area contributed by atoms with Gasteiger partial charge in [0.2, 0.25) is 0 Å². The first-order chi connectivity index (χ1) is 17.2. The first-order valence-electron chi connectivity index (χ1n) is 11.8. The van der Waals surface area contributed by atoms with Crippen molar-refractivity contribution in [3.05, 3.63) is 59.5 Å². The minimum atomic E-state index is 0.750. The number of aromatic amines is 2. The number of hydrogen-bond donors (Lipinski definition) is 2. The molecule has 0 amide bonds. The number of aromatic nitrogens is 4. The highest BCUT2D eigenvalue weighted by Gasteiger charge is 2.19. The Balaban J connectivity index is 1.63. The van der Waals surface area contributed by atoms with E-state index in [2.05, 4.69) is 71.4 Å². The van der Waals surface area contributed by atoms with E-state index in [-0.39, 0.29) is 0 Å². The minimum absolute atomic E-state index is 0.750. The Labute approximate surface area is 211 Å². The smallest absolute Gasteiger partial charge is 0.147 e. The zero-order chi connectivity index (χ0) is 25.7. The standard InChI is InChI=1S/C28H32N8/c1-33(2)19-12-13-20(34(3)4)24-23(19)29-27(30-24)17-10-9-11-18(16-17)28-31-25-21(35(5)6)14-15-22(36(7)8)26(25)32-28/h10,12-16H,1-8H3,(H,29,30)(H,31,32). The number of nitrogens with zero attached hydrogens (tertiary/aromatic N) is 6.